The van der Waals surface area contributed by atoms with E-state index in [0.717, 1.165) is 24.7 Å². The minimum absolute atomic E-state index is 0.905. The molecule has 0 N–H and O–H groups in total. The molecule has 2 unspecified atom stereocenters. The third kappa shape index (κ3) is 23.8. The molecular weight excluding hydrogens is 360 g/mol. The van der Waals surface area contributed by atoms with Crippen LogP contribution in [0, 0.1) is 23.7 Å². The number of hydrogen-bond acceptors (Lipinski definition) is 0. The maximum absolute atomic E-state index is 3.42. The smallest absolute Gasteiger partial charge is 0.00886 e. The van der Waals surface area contributed by atoms with Crippen LogP contribution >= 0.6 is 0 Å². The molecule has 0 fully saturated rings. The molecule has 0 heteroatoms. The topological polar surface area (TPSA) is 0 Å². The van der Waals surface area contributed by atoms with E-state index < -0.39 is 0 Å². The van der Waals surface area contributed by atoms with Crippen molar-refractivity contribution in [1.29, 1.82) is 0 Å². The van der Waals surface area contributed by atoms with Gasteiger partial charge in [-0.05, 0) is 24.7 Å². The summed E-state index contributed by atoms with van der Waals surface area (Å²) in [6.07, 6.45) is 30.5. The van der Waals surface area contributed by atoms with Crippen LogP contribution in [0.4, 0.5) is 0 Å². The predicted octanol–water partition coefficient (Wildman–Crippen LogP) is 10.9. The molecule has 0 rings (SSSR count). The van der Waals surface area contributed by atoms with Gasteiger partial charge in [-0.1, -0.05) is 143 Å². The maximum Gasteiger partial charge on any atom is 0.00886 e. The highest BCUT2D eigenvalue weighted by Gasteiger charge is 2.06. The van der Waals surface area contributed by atoms with Gasteiger partial charge in [-0.3, -0.25) is 0 Å². The van der Waals surface area contributed by atoms with Gasteiger partial charge in [0.25, 0.3) is 0 Å². The summed E-state index contributed by atoms with van der Waals surface area (Å²) in [6.45, 7) is 9.52. The standard InChI is InChI=1S/C30H58/c1-5-7-9-11-12-13-14-15-16-17-18-19-20-22-24-26-30(4)28-27-29(3)25-23-21-10-8-6-2/h29-30H,5-17,20-28H2,1-4H3. The SMILES string of the molecule is CCCCCCCCCCCC#CCCCCC(C)CCC(C)CCCCCCC. The first-order valence-electron chi connectivity index (χ1n) is 14.2. The van der Waals surface area contributed by atoms with Crippen LogP contribution in [-0.4, -0.2) is 0 Å². The predicted molar refractivity (Wildman–Crippen MR) is 139 cm³/mol. The van der Waals surface area contributed by atoms with Gasteiger partial charge in [-0.2, -0.15) is 0 Å². The molecule has 178 valence electrons. The fraction of sp³-hybridized carbons (Fsp3) is 0.933. The van der Waals surface area contributed by atoms with Crippen LogP contribution in [0.5, 0.6) is 0 Å². The lowest BCUT2D eigenvalue weighted by atomic mass is 9.91. The maximum atomic E-state index is 3.42. The molecule has 0 radical (unpaired) electrons. The van der Waals surface area contributed by atoms with E-state index in [0.29, 0.717) is 0 Å². The van der Waals surface area contributed by atoms with Crippen molar-refractivity contribution in [3.05, 3.63) is 0 Å². The molecule has 0 aliphatic rings. The van der Waals surface area contributed by atoms with Gasteiger partial charge in [0.15, 0.2) is 0 Å². The quantitative estimate of drug-likeness (QED) is 0.121. The Morgan fingerprint density at radius 3 is 1.20 bits per heavy atom. The summed E-state index contributed by atoms with van der Waals surface area (Å²) in [6, 6.07) is 0. The lowest BCUT2D eigenvalue weighted by Crippen LogP contribution is -2.01. The van der Waals surface area contributed by atoms with E-state index in [2.05, 4.69) is 39.5 Å². The van der Waals surface area contributed by atoms with Crippen LogP contribution in [0.2, 0.25) is 0 Å². The summed E-state index contributed by atoms with van der Waals surface area (Å²) in [5.41, 5.74) is 0. The Morgan fingerprint density at radius 2 is 0.733 bits per heavy atom. The van der Waals surface area contributed by atoms with Gasteiger partial charge in [0.1, 0.15) is 0 Å². The first-order chi connectivity index (χ1) is 14.7. The lowest BCUT2D eigenvalue weighted by Gasteiger charge is -2.15. The largest absolute Gasteiger partial charge is 0.103 e. The Bertz CT molecular complexity index is 371. The normalized spacial score (nSPS) is 13.1. The summed E-state index contributed by atoms with van der Waals surface area (Å²) >= 11 is 0. The zero-order chi connectivity index (χ0) is 22.1. The molecule has 0 saturated heterocycles. The Balaban J connectivity index is 3.35. The molecule has 0 aromatic carbocycles. The van der Waals surface area contributed by atoms with Crippen molar-refractivity contribution in [2.45, 2.75) is 169 Å². The Morgan fingerprint density at radius 1 is 0.400 bits per heavy atom. The van der Waals surface area contributed by atoms with E-state index in [1.54, 1.807) is 0 Å². The van der Waals surface area contributed by atoms with Gasteiger partial charge in [0, 0.05) is 12.8 Å². The zero-order valence-electron chi connectivity index (χ0n) is 21.7. The molecule has 0 aliphatic carbocycles. The van der Waals surface area contributed by atoms with Crippen molar-refractivity contribution in [2.24, 2.45) is 11.8 Å². The Labute approximate surface area is 192 Å². The number of unbranched alkanes of at least 4 members (excludes halogenated alkanes) is 15. The van der Waals surface area contributed by atoms with Crippen molar-refractivity contribution in [1.82, 2.24) is 0 Å². The summed E-state index contributed by atoms with van der Waals surface area (Å²) in [5.74, 6) is 8.67. The van der Waals surface area contributed by atoms with Crippen molar-refractivity contribution >= 4 is 0 Å². The van der Waals surface area contributed by atoms with Crippen molar-refractivity contribution in [2.75, 3.05) is 0 Å². The van der Waals surface area contributed by atoms with Gasteiger partial charge in [0.2, 0.25) is 0 Å². The Hall–Kier alpha value is -0.440. The van der Waals surface area contributed by atoms with Crippen LogP contribution in [0.3, 0.4) is 0 Å². The summed E-state index contributed by atoms with van der Waals surface area (Å²) in [4.78, 5) is 0. The van der Waals surface area contributed by atoms with Crippen LogP contribution in [0.25, 0.3) is 0 Å². The second-order valence-electron chi connectivity index (χ2n) is 10.2. The summed E-state index contributed by atoms with van der Waals surface area (Å²) < 4.78 is 0. The molecule has 0 aromatic heterocycles. The average molecular weight is 419 g/mol. The second kappa shape index (κ2) is 24.8. The van der Waals surface area contributed by atoms with E-state index in [-0.39, 0.29) is 0 Å². The van der Waals surface area contributed by atoms with E-state index in [1.807, 2.05) is 0 Å². The monoisotopic (exact) mass is 418 g/mol. The van der Waals surface area contributed by atoms with Gasteiger partial charge in [-0.15, -0.1) is 11.8 Å². The highest BCUT2D eigenvalue weighted by atomic mass is 14.1. The van der Waals surface area contributed by atoms with Gasteiger partial charge >= 0.3 is 0 Å². The van der Waals surface area contributed by atoms with Crippen LogP contribution in [0.1, 0.15) is 169 Å². The molecule has 0 saturated carbocycles. The molecule has 0 spiro atoms. The van der Waals surface area contributed by atoms with E-state index in [9.17, 15) is 0 Å². The highest BCUT2D eigenvalue weighted by Crippen LogP contribution is 2.21. The minimum atomic E-state index is 0.905. The van der Waals surface area contributed by atoms with E-state index >= 15 is 0 Å². The van der Waals surface area contributed by atoms with Crippen LogP contribution in [-0.2, 0) is 0 Å². The van der Waals surface area contributed by atoms with Gasteiger partial charge in [-0.25, -0.2) is 0 Å². The molecule has 0 heterocycles. The van der Waals surface area contributed by atoms with E-state index in [1.165, 1.54) is 128 Å². The first kappa shape index (κ1) is 29.6. The van der Waals surface area contributed by atoms with E-state index in [4.69, 9.17) is 0 Å². The fourth-order valence-electron chi connectivity index (χ4n) is 4.36. The first-order valence-corrected chi connectivity index (χ1v) is 14.2. The zero-order valence-corrected chi connectivity index (χ0v) is 21.7. The molecule has 0 aliphatic heterocycles. The molecule has 0 aromatic rings. The number of hydrogen-bond donors (Lipinski definition) is 0. The second-order valence-corrected chi connectivity index (χ2v) is 10.2. The lowest BCUT2D eigenvalue weighted by molar-refractivity contribution is 0.380. The van der Waals surface area contributed by atoms with Crippen molar-refractivity contribution in [3.8, 4) is 11.8 Å². The molecule has 0 amide bonds. The van der Waals surface area contributed by atoms with Crippen LogP contribution in [0.15, 0.2) is 0 Å². The Kier molecular flexibility index (Phi) is 24.5. The molecule has 30 heavy (non-hydrogen) atoms. The van der Waals surface area contributed by atoms with Gasteiger partial charge in [0.05, 0.1) is 0 Å². The molecule has 0 nitrogen and oxygen atoms in total. The van der Waals surface area contributed by atoms with Crippen molar-refractivity contribution in [3.63, 3.8) is 0 Å². The highest BCUT2D eigenvalue weighted by molar-refractivity contribution is 4.98. The third-order valence-electron chi connectivity index (χ3n) is 6.73. The molecular formula is C30H58. The van der Waals surface area contributed by atoms with Crippen LogP contribution < -0.4 is 0 Å². The average Bonchev–Trinajstić information content (AvgIpc) is 2.74. The molecule has 2 atom stereocenters. The minimum Gasteiger partial charge on any atom is -0.103 e. The van der Waals surface area contributed by atoms with Crippen molar-refractivity contribution < 1.29 is 0 Å². The number of rotatable bonds is 22. The third-order valence-corrected chi connectivity index (χ3v) is 6.73. The summed E-state index contributed by atoms with van der Waals surface area (Å²) in [7, 11) is 0. The summed E-state index contributed by atoms with van der Waals surface area (Å²) in [5, 5.41) is 0. The van der Waals surface area contributed by atoms with Gasteiger partial charge < -0.3 is 0 Å². The molecule has 0 bridgehead atoms. The fourth-order valence-corrected chi connectivity index (χ4v) is 4.36.